The summed E-state index contributed by atoms with van der Waals surface area (Å²) in [5.41, 5.74) is 1.19. The molecule has 2 aromatic rings. The number of thioether (sulfide) groups is 1. The Balaban J connectivity index is 1.80. The Hall–Kier alpha value is -2.41. The molecule has 25 heavy (non-hydrogen) atoms. The Morgan fingerprint density at radius 2 is 1.84 bits per heavy atom. The van der Waals surface area contributed by atoms with Crippen molar-refractivity contribution in [2.75, 3.05) is 12.3 Å². The Morgan fingerprint density at radius 1 is 1.12 bits per heavy atom. The Kier molecular flexibility index (Phi) is 5.65. The molecule has 130 valence electrons. The summed E-state index contributed by atoms with van der Waals surface area (Å²) in [4.78, 5) is 19.0. The SMILES string of the molecule is O=C(c1ccc(OC(F)F)cc1)N1CCCSC1=Nc1ccccc1. The number of ether oxygens (including phenoxy) is 1. The average Bonchev–Trinajstić information content (AvgIpc) is 2.63. The molecule has 1 fully saturated rings. The highest BCUT2D eigenvalue weighted by molar-refractivity contribution is 8.13. The summed E-state index contributed by atoms with van der Waals surface area (Å²) in [5.74, 6) is 0.722. The molecule has 3 rings (SSSR count). The molecule has 0 spiro atoms. The lowest BCUT2D eigenvalue weighted by Crippen LogP contribution is -2.39. The van der Waals surface area contributed by atoms with Gasteiger partial charge >= 0.3 is 6.61 Å². The van der Waals surface area contributed by atoms with Gasteiger partial charge in [0.2, 0.25) is 0 Å². The number of hydrogen-bond acceptors (Lipinski definition) is 4. The average molecular weight is 362 g/mol. The van der Waals surface area contributed by atoms with Crippen LogP contribution in [-0.4, -0.2) is 34.9 Å². The monoisotopic (exact) mass is 362 g/mol. The zero-order valence-corrected chi connectivity index (χ0v) is 14.1. The number of nitrogens with zero attached hydrogens (tertiary/aromatic N) is 2. The first-order valence-corrected chi connectivity index (χ1v) is 8.75. The third-order valence-electron chi connectivity index (χ3n) is 3.54. The van der Waals surface area contributed by atoms with E-state index in [1.165, 1.54) is 36.0 Å². The van der Waals surface area contributed by atoms with Crippen molar-refractivity contribution in [3.8, 4) is 5.75 Å². The molecule has 0 unspecified atom stereocenters. The fourth-order valence-corrected chi connectivity index (χ4v) is 3.34. The predicted molar refractivity (Wildman–Crippen MR) is 94.7 cm³/mol. The number of aliphatic imine (C=N–C) groups is 1. The van der Waals surface area contributed by atoms with Crippen LogP contribution in [0.1, 0.15) is 16.8 Å². The van der Waals surface area contributed by atoms with Crippen molar-refractivity contribution in [1.82, 2.24) is 4.90 Å². The topological polar surface area (TPSA) is 41.9 Å². The van der Waals surface area contributed by atoms with E-state index in [1.54, 1.807) is 4.90 Å². The van der Waals surface area contributed by atoms with E-state index in [0.717, 1.165) is 17.9 Å². The molecule has 1 aliphatic rings. The minimum absolute atomic E-state index is 0.0257. The van der Waals surface area contributed by atoms with E-state index in [2.05, 4.69) is 9.73 Å². The van der Waals surface area contributed by atoms with Gasteiger partial charge in [0, 0.05) is 17.9 Å². The van der Waals surface area contributed by atoms with Crippen molar-refractivity contribution >= 4 is 28.5 Å². The first-order valence-electron chi connectivity index (χ1n) is 7.77. The number of carbonyl (C=O) groups is 1. The first-order chi connectivity index (χ1) is 12.1. The van der Waals surface area contributed by atoms with Gasteiger partial charge in [0.1, 0.15) is 5.75 Å². The molecular formula is C18H16F2N2O2S. The van der Waals surface area contributed by atoms with Crippen molar-refractivity contribution in [2.24, 2.45) is 4.99 Å². The van der Waals surface area contributed by atoms with Crippen LogP contribution in [0, 0.1) is 0 Å². The van der Waals surface area contributed by atoms with Crippen LogP contribution in [0.25, 0.3) is 0 Å². The van der Waals surface area contributed by atoms with E-state index < -0.39 is 6.61 Å². The van der Waals surface area contributed by atoms with Crippen molar-refractivity contribution in [2.45, 2.75) is 13.0 Å². The Morgan fingerprint density at radius 3 is 2.52 bits per heavy atom. The van der Waals surface area contributed by atoms with Gasteiger partial charge in [0.25, 0.3) is 5.91 Å². The molecule has 0 atom stereocenters. The molecule has 0 aliphatic carbocycles. The van der Waals surface area contributed by atoms with Gasteiger partial charge in [-0.25, -0.2) is 4.99 Å². The molecule has 2 aromatic carbocycles. The highest BCUT2D eigenvalue weighted by atomic mass is 32.2. The van der Waals surface area contributed by atoms with Gasteiger partial charge in [-0.2, -0.15) is 8.78 Å². The summed E-state index contributed by atoms with van der Waals surface area (Å²) >= 11 is 1.53. The summed E-state index contributed by atoms with van der Waals surface area (Å²) < 4.78 is 28.7. The molecule has 0 N–H and O–H groups in total. The second kappa shape index (κ2) is 8.11. The summed E-state index contributed by atoms with van der Waals surface area (Å²) in [6.07, 6.45) is 0.872. The zero-order chi connectivity index (χ0) is 17.6. The van der Waals surface area contributed by atoms with Gasteiger partial charge in [-0.15, -0.1) is 0 Å². The fraction of sp³-hybridized carbons (Fsp3) is 0.222. The fourth-order valence-electron chi connectivity index (χ4n) is 2.39. The van der Waals surface area contributed by atoms with E-state index in [0.29, 0.717) is 17.3 Å². The van der Waals surface area contributed by atoms with E-state index >= 15 is 0 Å². The quantitative estimate of drug-likeness (QED) is 0.801. The Bertz CT molecular complexity index is 751. The van der Waals surface area contributed by atoms with Crippen molar-refractivity contribution in [3.63, 3.8) is 0 Å². The summed E-state index contributed by atoms with van der Waals surface area (Å²) in [5, 5.41) is 0.648. The smallest absolute Gasteiger partial charge is 0.387 e. The number of rotatable bonds is 4. The molecule has 0 aromatic heterocycles. The molecule has 4 nitrogen and oxygen atoms in total. The number of amidine groups is 1. The summed E-state index contributed by atoms with van der Waals surface area (Å²) in [7, 11) is 0. The molecule has 1 saturated heterocycles. The molecular weight excluding hydrogens is 346 g/mol. The number of para-hydroxylation sites is 1. The molecule has 1 aliphatic heterocycles. The largest absolute Gasteiger partial charge is 0.435 e. The van der Waals surface area contributed by atoms with E-state index in [-0.39, 0.29) is 11.7 Å². The van der Waals surface area contributed by atoms with Crippen LogP contribution >= 0.6 is 11.8 Å². The second-order valence-electron chi connectivity index (χ2n) is 5.29. The maximum Gasteiger partial charge on any atom is 0.387 e. The van der Waals surface area contributed by atoms with Gasteiger partial charge in [-0.05, 0) is 42.8 Å². The van der Waals surface area contributed by atoms with Gasteiger partial charge in [-0.3, -0.25) is 9.69 Å². The lowest BCUT2D eigenvalue weighted by molar-refractivity contribution is -0.0498. The van der Waals surface area contributed by atoms with E-state index in [9.17, 15) is 13.6 Å². The summed E-state index contributed by atoms with van der Waals surface area (Å²) in [6, 6.07) is 15.1. The minimum Gasteiger partial charge on any atom is -0.435 e. The number of carbonyl (C=O) groups excluding carboxylic acids is 1. The number of halogens is 2. The van der Waals surface area contributed by atoms with Gasteiger partial charge < -0.3 is 4.74 Å². The van der Waals surface area contributed by atoms with Crippen LogP contribution in [0.3, 0.4) is 0 Å². The molecule has 1 heterocycles. The number of alkyl halides is 2. The van der Waals surface area contributed by atoms with Gasteiger partial charge in [0.15, 0.2) is 5.17 Å². The van der Waals surface area contributed by atoms with Crippen LogP contribution in [0.15, 0.2) is 59.6 Å². The molecule has 7 heteroatoms. The number of amides is 1. The highest BCUT2D eigenvalue weighted by Gasteiger charge is 2.25. The van der Waals surface area contributed by atoms with Crippen LogP contribution in [0.4, 0.5) is 14.5 Å². The van der Waals surface area contributed by atoms with Crippen LogP contribution in [0.2, 0.25) is 0 Å². The second-order valence-corrected chi connectivity index (χ2v) is 6.35. The van der Waals surface area contributed by atoms with Crippen LogP contribution < -0.4 is 4.74 Å². The first kappa shape index (κ1) is 17.4. The zero-order valence-electron chi connectivity index (χ0n) is 13.3. The molecule has 0 saturated carbocycles. The predicted octanol–water partition coefficient (Wildman–Crippen LogP) is 4.55. The Labute approximate surface area is 148 Å². The normalized spacial score (nSPS) is 16.3. The maximum absolute atomic E-state index is 12.8. The summed E-state index contributed by atoms with van der Waals surface area (Å²) in [6.45, 7) is -2.31. The van der Waals surface area contributed by atoms with Gasteiger partial charge in [-0.1, -0.05) is 30.0 Å². The van der Waals surface area contributed by atoms with Crippen molar-refractivity contribution < 1.29 is 18.3 Å². The maximum atomic E-state index is 12.8. The van der Waals surface area contributed by atoms with E-state index in [1.807, 2.05) is 30.3 Å². The lowest BCUT2D eigenvalue weighted by Gasteiger charge is -2.27. The molecule has 0 bridgehead atoms. The van der Waals surface area contributed by atoms with Crippen LogP contribution in [0.5, 0.6) is 5.75 Å². The number of hydrogen-bond donors (Lipinski definition) is 0. The third-order valence-corrected chi connectivity index (χ3v) is 4.60. The van der Waals surface area contributed by atoms with Gasteiger partial charge in [0.05, 0.1) is 5.69 Å². The third kappa shape index (κ3) is 4.57. The van der Waals surface area contributed by atoms with Crippen LogP contribution in [-0.2, 0) is 0 Å². The van der Waals surface area contributed by atoms with Crippen molar-refractivity contribution in [3.05, 3.63) is 60.2 Å². The molecule has 1 amide bonds. The molecule has 0 radical (unpaired) electrons. The highest BCUT2D eigenvalue weighted by Crippen LogP contribution is 2.24. The minimum atomic E-state index is -2.88. The number of benzene rings is 2. The lowest BCUT2D eigenvalue weighted by atomic mass is 10.2. The van der Waals surface area contributed by atoms with E-state index in [4.69, 9.17) is 0 Å². The van der Waals surface area contributed by atoms with Crippen molar-refractivity contribution in [1.29, 1.82) is 0 Å². The standard InChI is InChI=1S/C18H16F2N2O2S/c19-17(20)24-15-9-7-13(8-10-15)16(23)22-11-4-12-25-18(22)21-14-5-2-1-3-6-14/h1-3,5-10,17H,4,11-12H2.